The molecule has 172 valence electrons. The molecule has 2 aliphatic rings. The first-order chi connectivity index (χ1) is 16.2. The Hall–Kier alpha value is -3.16. The van der Waals surface area contributed by atoms with Crippen LogP contribution in [0.5, 0.6) is 0 Å². The Morgan fingerprint density at radius 3 is 2.76 bits per heavy atom. The lowest BCUT2D eigenvalue weighted by Crippen LogP contribution is -2.55. The Bertz CT molecular complexity index is 1140. The quantitative estimate of drug-likeness (QED) is 0.448. The number of hydrogen-bond donors (Lipinski definition) is 4. The van der Waals surface area contributed by atoms with Gasteiger partial charge in [-0.1, -0.05) is 42.5 Å². The van der Waals surface area contributed by atoms with Crippen molar-refractivity contribution in [1.82, 2.24) is 20.9 Å². The molecule has 3 aromatic rings. The summed E-state index contributed by atoms with van der Waals surface area (Å²) in [5, 5.41) is 10.4. The summed E-state index contributed by atoms with van der Waals surface area (Å²) in [5.41, 5.74) is 4.41. The molecule has 0 radical (unpaired) electrons. The highest BCUT2D eigenvalue weighted by Gasteiger charge is 2.29. The predicted octanol–water partition coefficient (Wildman–Crippen LogP) is 2.20. The number of para-hydroxylation sites is 1. The Labute approximate surface area is 193 Å². The molecule has 5 rings (SSSR count). The van der Waals surface area contributed by atoms with Gasteiger partial charge in [-0.3, -0.25) is 9.59 Å². The van der Waals surface area contributed by atoms with Crippen LogP contribution in [0.15, 0.2) is 54.7 Å². The van der Waals surface area contributed by atoms with Crippen LogP contribution in [0.3, 0.4) is 0 Å². The van der Waals surface area contributed by atoms with E-state index in [0.29, 0.717) is 25.9 Å². The van der Waals surface area contributed by atoms with Gasteiger partial charge in [-0.25, -0.2) is 0 Å². The number of benzene rings is 2. The number of amides is 2. The van der Waals surface area contributed by atoms with Crippen LogP contribution < -0.4 is 16.0 Å². The van der Waals surface area contributed by atoms with Crippen LogP contribution in [0, 0.1) is 0 Å². The number of aromatic nitrogens is 1. The number of rotatable bonds is 7. The zero-order valence-corrected chi connectivity index (χ0v) is 18.6. The van der Waals surface area contributed by atoms with E-state index >= 15 is 0 Å². The second-order valence-electron chi connectivity index (χ2n) is 8.91. The number of nitrogens with one attached hydrogen (secondary N) is 4. The largest absolute Gasteiger partial charge is 0.376 e. The zero-order chi connectivity index (χ0) is 22.6. The molecule has 0 saturated carbocycles. The van der Waals surface area contributed by atoms with Crippen molar-refractivity contribution in [1.29, 1.82) is 0 Å². The summed E-state index contributed by atoms with van der Waals surface area (Å²) >= 11 is 0. The third-order valence-electron chi connectivity index (χ3n) is 6.66. The van der Waals surface area contributed by atoms with Gasteiger partial charge in [-0.2, -0.15) is 0 Å². The Kier molecular flexibility index (Phi) is 6.41. The van der Waals surface area contributed by atoms with Crippen LogP contribution in [0.25, 0.3) is 10.9 Å². The molecule has 0 unspecified atom stereocenters. The van der Waals surface area contributed by atoms with Gasteiger partial charge in [0, 0.05) is 43.2 Å². The molecular formula is C26H30N4O3. The molecule has 0 aliphatic carbocycles. The van der Waals surface area contributed by atoms with E-state index in [1.54, 1.807) is 0 Å². The highest BCUT2D eigenvalue weighted by Crippen LogP contribution is 2.20. The maximum atomic E-state index is 13.2. The lowest BCUT2D eigenvalue weighted by molar-refractivity contribution is -0.130. The first-order valence-corrected chi connectivity index (χ1v) is 11.7. The van der Waals surface area contributed by atoms with Crippen LogP contribution in [0.4, 0.5) is 0 Å². The molecule has 33 heavy (non-hydrogen) atoms. The summed E-state index contributed by atoms with van der Waals surface area (Å²) in [6.07, 6.45) is 4.97. The lowest BCUT2D eigenvalue weighted by Gasteiger charge is -2.27. The van der Waals surface area contributed by atoms with Gasteiger partial charge < -0.3 is 25.7 Å². The molecule has 2 amide bonds. The smallest absolute Gasteiger partial charge is 0.243 e. The SMILES string of the molecule is O=C(N[C@@H](Cc1c[nH]c2ccccc12)C(=O)NC[C@H]1CCCO1)[C@@H]1Cc2ccccc2CN1. The van der Waals surface area contributed by atoms with Crippen molar-refractivity contribution in [3.8, 4) is 0 Å². The molecule has 4 N–H and O–H groups in total. The number of aromatic amines is 1. The van der Waals surface area contributed by atoms with Crippen molar-refractivity contribution >= 4 is 22.7 Å². The molecule has 1 saturated heterocycles. The van der Waals surface area contributed by atoms with Crippen molar-refractivity contribution < 1.29 is 14.3 Å². The van der Waals surface area contributed by atoms with E-state index in [0.717, 1.165) is 35.9 Å². The van der Waals surface area contributed by atoms with Crippen molar-refractivity contribution in [2.24, 2.45) is 0 Å². The summed E-state index contributed by atoms with van der Waals surface area (Å²) in [5.74, 6) is -0.332. The lowest BCUT2D eigenvalue weighted by atomic mass is 9.95. The number of fused-ring (bicyclic) bond motifs is 2. The number of hydrogen-bond acceptors (Lipinski definition) is 4. The van der Waals surface area contributed by atoms with Gasteiger partial charge >= 0.3 is 0 Å². The fourth-order valence-corrected chi connectivity index (χ4v) is 4.78. The first-order valence-electron chi connectivity index (χ1n) is 11.7. The second kappa shape index (κ2) is 9.77. The number of carbonyl (C=O) groups excluding carboxylic acids is 2. The van der Waals surface area contributed by atoms with Crippen LogP contribution in [-0.2, 0) is 33.7 Å². The molecular weight excluding hydrogens is 416 g/mol. The van der Waals surface area contributed by atoms with Gasteiger partial charge in [0.05, 0.1) is 12.1 Å². The van der Waals surface area contributed by atoms with E-state index in [-0.39, 0.29) is 24.0 Å². The summed E-state index contributed by atoms with van der Waals surface area (Å²) in [7, 11) is 0. The van der Waals surface area contributed by atoms with Crippen molar-refractivity contribution in [2.75, 3.05) is 13.2 Å². The molecule has 1 fully saturated rings. The Morgan fingerprint density at radius 2 is 1.91 bits per heavy atom. The molecule has 0 spiro atoms. The first kappa shape index (κ1) is 21.7. The highest BCUT2D eigenvalue weighted by atomic mass is 16.5. The van der Waals surface area contributed by atoms with Crippen molar-refractivity contribution in [3.05, 3.63) is 71.4 Å². The molecule has 7 nitrogen and oxygen atoms in total. The molecule has 3 atom stereocenters. The number of ether oxygens (including phenoxy) is 1. The predicted molar refractivity (Wildman–Crippen MR) is 127 cm³/mol. The summed E-state index contributed by atoms with van der Waals surface area (Å²) in [6.45, 7) is 1.85. The van der Waals surface area contributed by atoms with Gasteiger partial charge in [0.15, 0.2) is 0 Å². The third kappa shape index (κ3) is 4.94. The maximum Gasteiger partial charge on any atom is 0.243 e. The topological polar surface area (TPSA) is 95.2 Å². The minimum atomic E-state index is -0.669. The third-order valence-corrected chi connectivity index (χ3v) is 6.66. The maximum absolute atomic E-state index is 13.2. The summed E-state index contributed by atoms with van der Waals surface area (Å²) < 4.78 is 5.64. The second-order valence-corrected chi connectivity index (χ2v) is 8.91. The monoisotopic (exact) mass is 446 g/mol. The molecule has 7 heteroatoms. The standard InChI is InChI=1S/C26H30N4O3/c31-25(29-16-20-8-5-11-33-20)24(13-19-15-27-22-10-4-3-9-21(19)22)30-26(32)23-12-17-6-1-2-7-18(17)14-28-23/h1-4,6-7,9-10,15,20,23-24,27-28H,5,8,11-14,16H2,(H,29,31)(H,30,32)/t20-,23+,24+/m1/s1. The van der Waals surface area contributed by atoms with Crippen molar-refractivity contribution in [2.45, 2.75) is 50.4 Å². The minimum absolute atomic E-state index is 0.0508. The molecule has 2 aromatic carbocycles. The van der Waals surface area contributed by atoms with Crippen LogP contribution in [0.2, 0.25) is 0 Å². The summed E-state index contributed by atoms with van der Waals surface area (Å²) in [6, 6.07) is 15.1. The Morgan fingerprint density at radius 1 is 1.09 bits per heavy atom. The van der Waals surface area contributed by atoms with Crippen molar-refractivity contribution in [3.63, 3.8) is 0 Å². The van der Waals surface area contributed by atoms with E-state index in [1.807, 2.05) is 42.6 Å². The van der Waals surface area contributed by atoms with E-state index in [9.17, 15) is 9.59 Å². The van der Waals surface area contributed by atoms with Gasteiger partial charge in [0.25, 0.3) is 0 Å². The fraction of sp³-hybridized carbons (Fsp3) is 0.385. The number of carbonyl (C=O) groups is 2. The van der Waals surface area contributed by atoms with E-state index in [1.165, 1.54) is 11.1 Å². The molecule has 1 aromatic heterocycles. The summed E-state index contributed by atoms with van der Waals surface area (Å²) in [4.78, 5) is 29.6. The van der Waals surface area contributed by atoms with Gasteiger partial charge in [0.1, 0.15) is 6.04 Å². The molecule has 0 bridgehead atoms. The molecule has 2 aliphatic heterocycles. The van der Waals surface area contributed by atoms with E-state index in [4.69, 9.17) is 4.74 Å². The molecule has 3 heterocycles. The fourth-order valence-electron chi connectivity index (χ4n) is 4.78. The normalized spacial score (nSPS) is 20.8. The van der Waals surface area contributed by atoms with E-state index in [2.05, 4.69) is 33.1 Å². The number of H-pyrrole nitrogens is 1. The Balaban J connectivity index is 1.30. The van der Waals surface area contributed by atoms with Crippen LogP contribution >= 0.6 is 0 Å². The van der Waals surface area contributed by atoms with E-state index < -0.39 is 6.04 Å². The van der Waals surface area contributed by atoms with Crippen LogP contribution in [0.1, 0.15) is 29.5 Å². The average molecular weight is 447 g/mol. The zero-order valence-electron chi connectivity index (χ0n) is 18.6. The van der Waals surface area contributed by atoms with Crippen LogP contribution in [-0.4, -0.2) is 48.1 Å². The van der Waals surface area contributed by atoms with Gasteiger partial charge in [-0.05, 0) is 42.0 Å². The highest BCUT2D eigenvalue weighted by molar-refractivity contribution is 5.91. The minimum Gasteiger partial charge on any atom is -0.376 e. The van der Waals surface area contributed by atoms with Gasteiger partial charge in [0.2, 0.25) is 11.8 Å². The van der Waals surface area contributed by atoms with Gasteiger partial charge in [-0.15, -0.1) is 0 Å². The average Bonchev–Trinajstić information content (AvgIpc) is 3.52.